The number of rotatable bonds is 4. The highest BCUT2D eigenvalue weighted by Crippen LogP contribution is 2.19. The first-order valence-electron chi connectivity index (χ1n) is 4.89. The highest BCUT2D eigenvalue weighted by Gasteiger charge is 2.21. The maximum absolute atomic E-state index is 3.56. The molecule has 1 saturated carbocycles. The van der Waals surface area contributed by atoms with Gasteiger partial charge < -0.3 is 10.6 Å². The molecule has 2 fully saturated rings. The quantitative estimate of drug-likeness (QED) is 0.624. The fourth-order valence-electron chi connectivity index (χ4n) is 1.74. The van der Waals surface area contributed by atoms with Gasteiger partial charge >= 0.3 is 0 Å². The summed E-state index contributed by atoms with van der Waals surface area (Å²) in [7, 11) is 0. The summed E-state index contributed by atoms with van der Waals surface area (Å²) in [4.78, 5) is 0. The molecule has 0 spiro atoms. The molecule has 0 aromatic heterocycles. The van der Waals surface area contributed by atoms with E-state index < -0.39 is 0 Å². The SMILES string of the molecule is C1C[C@H](CCNC2CC2)CN1. The van der Waals surface area contributed by atoms with Crippen LogP contribution in [0.3, 0.4) is 0 Å². The van der Waals surface area contributed by atoms with Crippen LogP contribution in [0.1, 0.15) is 25.7 Å². The highest BCUT2D eigenvalue weighted by molar-refractivity contribution is 4.81. The molecule has 0 aromatic carbocycles. The van der Waals surface area contributed by atoms with E-state index in [1.807, 2.05) is 0 Å². The van der Waals surface area contributed by atoms with Crippen molar-refractivity contribution >= 4 is 0 Å². The van der Waals surface area contributed by atoms with Crippen molar-refractivity contribution < 1.29 is 0 Å². The normalized spacial score (nSPS) is 31.1. The van der Waals surface area contributed by atoms with Crippen LogP contribution in [-0.2, 0) is 0 Å². The van der Waals surface area contributed by atoms with E-state index in [1.54, 1.807) is 0 Å². The van der Waals surface area contributed by atoms with Gasteiger partial charge in [-0.05, 0) is 51.2 Å². The molecule has 2 heteroatoms. The Kier molecular flexibility index (Phi) is 2.44. The van der Waals surface area contributed by atoms with E-state index in [2.05, 4.69) is 10.6 Å². The van der Waals surface area contributed by atoms with Gasteiger partial charge in [0.2, 0.25) is 0 Å². The molecule has 0 bridgehead atoms. The van der Waals surface area contributed by atoms with Gasteiger partial charge in [0.15, 0.2) is 0 Å². The van der Waals surface area contributed by atoms with Crippen molar-refractivity contribution in [1.29, 1.82) is 0 Å². The van der Waals surface area contributed by atoms with E-state index in [0.717, 1.165) is 12.0 Å². The molecule has 1 saturated heterocycles. The van der Waals surface area contributed by atoms with E-state index >= 15 is 0 Å². The average molecular weight is 154 g/mol. The Labute approximate surface area is 68.7 Å². The van der Waals surface area contributed by atoms with Crippen LogP contribution in [0.5, 0.6) is 0 Å². The number of hydrogen-bond acceptors (Lipinski definition) is 2. The largest absolute Gasteiger partial charge is 0.316 e. The Morgan fingerprint density at radius 1 is 1.27 bits per heavy atom. The molecule has 1 aliphatic carbocycles. The Balaban J connectivity index is 1.51. The van der Waals surface area contributed by atoms with Gasteiger partial charge in [-0.15, -0.1) is 0 Å². The van der Waals surface area contributed by atoms with Crippen LogP contribution in [0.4, 0.5) is 0 Å². The fourth-order valence-corrected chi connectivity index (χ4v) is 1.74. The molecular weight excluding hydrogens is 136 g/mol. The molecule has 64 valence electrons. The minimum absolute atomic E-state index is 0.893. The third-order valence-electron chi connectivity index (χ3n) is 2.73. The average Bonchev–Trinajstić information content (AvgIpc) is 2.66. The molecule has 1 atom stereocenters. The number of nitrogens with one attached hydrogen (secondary N) is 2. The minimum Gasteiger partial charge on any atom is -0.316 e. The monoisotopic (exact) mass is 154 g/mol. The topological polar surface area (TPSA) is 24.1 Å². The predicted molar refractivity (Wildman–Crippen MR) is 46.6 cm³/mol. The Morgan fingerprint density at radius 2 is 2.18 bits per heavy atom. The lowest BCUT2D eigenvalue weighted by atomic mass is 10.1. The summed E-state index contributed by atoms with van der Waals surface area (Å²) in [5.74, 6) is 0.959. The van der Waals surface area contributed by atoms with Gasteiger partial charge in [-0.3, -0.25) is 0 Å². The molecule has 0 radical (unpaired) electrons. The van der Waals surface area contributed by atoms with Crippen LogP contribution < -0.4 is 10.6 Å². The van der Waals surface area contributed by atoms with E-state index in [1.165, 1.54) is 45.3 Å². The molecule has 2 rings (SSSR count). The zero-order valence-corrected chi connectivity index (χ0v) is 7.10. The summed E-state index contributed by atoms with van der Waals surface area (Å²) < 4.78 is 0. The zero-order chi connectivity index (χ0) is 7.52. The molecule has 2 nitrogen and oxygen atoms in total. The summed E-state index contributed by atoms with van der Waals surface area (Å²) in [5, 5.41) is 6.95. The third-order valence-corrected chi connectivity index (χ3v) is 2.73. The van der Waals surface area contributed by atoms with Crippen LogP contribution in [0.25, 0.3) is 0 Å². The lowest BCUT2D eigenvalue weighted by Crippen LogP contribution is -2.21. The van der Waals surface area contributed by atoms with Crippen molar-refractivity contribution in [3.8, 4) is 0 Å². The van der Waals surface area contributed by atoms with Gasteiger partial charge in [0.25, 0.3) is 0 Å². The smallest absolute Gasteiger partial charge is 0.00682 e. The Hall–Kier alpha value is -0.0800. The maximum Gasteiger partial charge on any atom is 0.00682 e. The molecule has 0 amide bonds. The summed E-state index contributed by atoms with van der Waals surface area (Å²) in [5.41, 5.74) is 0. The van der Waals surface area contributed by atoms with E-state index in [4.69, 9.17) is 0 Å². The van der Waals surface area contributed by atoms with Crippen molar-refractivity contribution in [1.82, 2.24) is 10.6 Å². The van der Waals surface area contributed by atoms with E-state index in [9.17, 15) is 0 Å². The highest BCUT2D eigenvalue weighted by atomic mass is 14.9. The molecule has 1 aliphatic heterocycles. The first kappa shape index (κ1) is 7.56. The predicted octanol–water partition coefficient (Wildman–Crippen LogP) is 0.738. The maximum atomic E-state index is 3.56. The lowest BCUT2D eigenvalue weighted by Gasteiger charge is -2.07. The molecule has 2 aliphatic rings. The van der Waals surface area contributed by atoms with Crippen molar-refractivity contribution in [3.63, 3.8) is 0 Å². The summed E-state index contributed by atoms with van der Waals surface area (Å²) >= 11 is 0. The van der Waals surface area contributed by atoms with Crippen LogP contribution in [-0.4, -0.2) is 25.7 Å². The molecule has 11 heavy (non-hydrogen) atoms. The molecular formula is C9H18N2. The van der Waals surface area contributed by atoms with Crippen molar-refractivity contribution in [3.05, 3.63) is 0 Å². The second-order valence-corrected chi connectivity index (χ2v) is 3.88. The van der Waals surface area contributed by atoms with Gasteiger partial charge in [-0.1, -0.05) is 0 Å². The number of hydrogen-bond donors (Lipinski definition) is 2. The van der Waals surface area contributed by atoms with Crippen molar-refractivity contribution in [2.24, 2.45) is 5.92 Å². The van der Waals surface area contributed by atoms with E-state index in [0.29, 0.717) is 0 Å². The standard InChI is InChI=1S/C9H18N2/c1-2-9(1)11-6-4-8-3-5-10-7-8/h8-11H,1-7H2/t8-/m1/s1. The molecule has 2 N–H and O–H groups in total. The zero-order valence-electron chi connectivity index (χ0n) is 7.10. The van der Waals surface area contributed by atoms with Crippen molar-refractivity contribution in [2.75, 3.05) is 19.6 Å². The summed E-state index contributed by atoms with van der Waals surface area (Å²) in [6.45, 7) is 3.75. The van der Waals surface area contributed by atoms with Crippen LogP contribution in [0.15, 0.2) is 0 Å². The Morgan fingerprint density at radius 3 is 2.82 bits per heavy atom. The fraction of sp³-hybridized carbons (Fsp3) is 1.00. The second-order valence-electron chi connectivity index (χ2n) is 3.88. The van der Waals surface area contributed by atoms with Crippen LogP contribution in [0, 0.1) is 5.92 Å². The summed E-state index contributed by atoms with van der Waals surface area (Å²) in [6.07, 6.45) is 5.61. The Bertz CT molecular complexity index is 115. The van der Waals surface area contributed by atoms with E-state index in [-0.39, 0.29) is 0 Å². The first-order chi connectivity index (χ1) is 5.45. The minimum atomic E-state index is 0.893. The summed E-state index contributed by atoms with van der Waals surface area (Å²) in [6, 6.07) is 0.893. The molecule has 1 heterocycles. The first-order valence-corrected chi connectivity index (χ1v) is 4.89. The van der Waals surface area contributed by atoms with Gasteiger partial charge in [0.05, 0.1) is 0 Å². The lowest BCUT2D eigenvalue weighted by molar-refractivity contribution is 0.499. The van der Waals surface area contributed by atoms with Crippen LogP contribution in [0.2, 0.25) is 0 Å². The van der Waals surface area contributed by atoms with Gasteiger partial charge in [0, 0.05) is 6.04 Å². The van der Waals surface area contributed by atoms with Crippen LogP contribution >= 0.6 is 0 Å². The molecule has 0 unspecified atom stereocenters. The second kappa shape index (κ2) is 3.55. The van der Waals surface area contributed by atoms with Gasteiger partial charge in [-0.25, -0.2) is 0 Å². The van der Waals surface area contributed by atoms with Crippen molar-refractivity contribution in [2.45, 2.75) is 31.7 Å². The molecule has 0 aromatic rings. The third kappa shape index (κ3) is 2.46. The van der Waals surface area contributed by atoms with Gasteiger partial charge in [-0.2, -0.15) is 0 Å². The van der Waals surface area contributed by atoms with Gasteiger partial charge in [0.1, 0.15) is 0 Å².